The molecule has 3 rings (SSSR count). The van der Waals surface area contributed by atoms with Gasteiger partial charge >= 0.3 is 0 Å². The van der Waals surface area contributed by atoms with Crippen LogP contribution in [0.5, 0.6) is 0 Å². The van der Waals surface area contributed by atoms with Gasteiger partial charge in [-0.3, -0.25) is 9.69 Å². The Morgan fingerprint density at radius 2 is 2.26 bits per heavy atom. The lowest BCUT2D eigenvalue weighted by Gasteiger charge is -2.30. The number of nitrogens with one attached hydrogen (secondary N) is 1. The van der Waals surface area contributed by atoms with Crippen LogP contribution in [0.25, 0.3) is 0 Å². The molecule has 1 amide bonds. The lowest BCUT2D eigenvalue weighted by atomic mass is 9.96. The highest BCUT2D eigenvalue weighted by Crippen LogP contribution is 2.23. The molecule has 0 saturated carbocycles. The number of anilines is 1. The number of pyridine rings is 1. The molecule has 0 radical (unpaired) electrons. The molecule has 1 aliphatic heterocycles. The quantitative estimate of drug-likeness (QED) is 0.917. The summed E-state index contributed by atoms with van der Waals surface area (Å²) in [5, 5.41) is 6.95. The zero-order chi connectivity index (χ0) is 16.2. The zero-order valence-corrected chi connectivity index (χ0v) is 14.4. The Morgan fingerprint density at radius 3 is 2.91 bits per heavy atom. The molecular formula is C15H18ClN5OS. The first-order valence-electron chi connectivity index (χ1n) is 7.54. The number of carbonyl (C=O) groups excluding carboxylic acids is 1. The first kappa shape index (κ1) is 16.3. The third kappa shape index (κ3) is 4.25. The van der Waals surface area contributed by atoms with Gasteiger partial charge in [-0.25, -0.2) is 4.98 Å². The standard InChI is InChI=1S/C15H18ClN5OS/c1-10-2-5-17-13(8-10)18-15(22)11-3-6-21(7-4-11)9-12-14(16)23-20-19-12/h2,5,8,11H,3-4,6-7,9H2,1H3,(H,17,18,22). The van der Waals surface area contributed by atoms with Crippen molar-refractivity contribution in [3.63, 3.8) is 0 Å². The number of carbonyl (C=O) groups is 1. The number of aryl methyl sites for hydroxylation is 1. The van der Waals surface area contributed by atoms with E-state index >= 15 is 0 Å². The van der Waals surface area contributed by atoms with Crippen molar-refractivity contribution >= 4 is 34.9 Å². The molecule has 1 fully saturated rings. The van der Waals surface area contributed by atoms with Gasteiger partial charge in [-0.2, -0.15) is 0 Å². The van der Waals surface area contributed by atoms with Gasteiger partial charge in [0.15, 0.2) is 0 Å². The lowest BCUT2D eigenvalue weighted by Crippen LogP contribution is -2.38. The Kier molecular flexibility index (Phi) is 5.20. The molecule has 122 valence electrons. The summed E-state index contributed by atoms with van der Waals surface area (Å²) in [6.07, 6.45) is 3.36. The van der Waals surface area contributed by atoms with E-state index in [9.17, 15) is 4.79 Å². The Labute approximate surface area is 144 Å². The summed E-state index contributed by atoms with van der Waals surface area (Å²) < 4.78 is 4.49. The third-order valence-corrected chi connectivity index (χ3v) is 4.99. The van der Waals surface area contributed by atoms with Crippen molar-refractivity contribution in [2.45, 2.75) is 26.3 Å². The van der Waals surface area contributed by atoms with Crippen molar-refractivity contribution in [3.8, 4) is 0 Å². The number of rotatable bonds is 4. The number of aromatic nitrogens is 3. The van der Waals surface area contributed by atoms with Crippen LogP contribution in [0.4, 0.5) is 5.82 Å². The first-order chi connectivity index (χ1) is 11.1. The molecule has 2 aromatic heterocycles. The van der Waals surface area contributed by atoms with Gasteiger partial charge in [-0.1, -0.05) is 16.1 Å². The molecule has 23 heavy (non-hydrogen) atoms. The number of hydrogen-bond acceptors (Lipinski definition) is 6. The maximum absolute atomic E-state index is 12.3. The van der Waals surface area contributed by atoms with Gasteiger partial charge in [0.1, 0.15) is 15.8 Å². The molecule has 0 bridgehead atoms. The predicted molar refractivity (Wildman–Crippen MR) is 90.5 cm³/mol. The molecule has 3 heterocycles. The summed E-state index contributed by atoms with van der Waals surface area (Å²) in [6.45, 7) is 4.39. The largest absolute Gasteiger partial charge is 0.310 e. The molecule has 0 aromatic carbocycles. The van der Waals surface area contributed by atoms with E-state index < -0.39 is 0 Å². The molecule has 8 heteroatoms. The minimum atomic E-state index is 0.0255. The van der Waals surface area contributed by atoms with Crippen molar-refractivity contribution in [1.82, 2.24) is 19.5 Å². The predicted octanol–water partition coefficient (Wildman–Crippen LogP) is 2.75. The maximum atomic E-state index is 12.3. The number of halogens is 1. The molecule has 1 aliphatic rings. The van der Waals surface area contributed by atoms with E-state index in [4.69, 9.17) is 11.6 Å². The van der Waals surface area contributed by atoms with Crippen molar-refractivity contribution in [1.29, 1.82) is 0 Å². The second-order valence-corrected chi connectivity index (χ2v) is 7.11. The Morgan fingerprint density at radius 1 is 1.48 bits per heavy atom. The van der Waals surface area contributed by atoms with Gasteiger partial charge in [-0.05, 0) is 50.6 Å². The van der Waals surface area contributed by atoms with Crippen LogP contribution in [0.1, 0.15) is 24.1 Å². The molecule has 6 nitrogen and oxygen atoms in total. The van der Waals surface area contributed by atoms with Crippen molar-refractivity contribution in [3.05, 3.63) is 33.9 Å². The fourth-order valence-corrected chi connectivity index (χ4v) is 3.30. The third-order valence-electron chi connectivity index (χ3n) is 4.01. The van der Waals surface area contributed by atoms with E-state index in [1.807, 2.05) is 19.1 Å². The summed E-state index contributed by atoms with van der Waals surface area (Å²) in [5.74, 6) is 0.700. The Bertz CT molecular complexity index is 684. The summed E-state index contributed by atoms with van der Waals surface area (Å²) in [4.78, 5) is 18.8. The molecule has 0 atom stereocenters. The average molecular weight is 352 g/mol. The number of likely N-dealkylation sites (tertiary alicyclic amines) is 1. The number of amides is 1. The summed E-state index contributed by atoms with van der Waals surface area (Å²) in [5.41, 5.74) is 1.90. The van der Waals surface area contributed by atoms with Crippen LogP contribution in [-0.4, -0.2) is 38.5 Å². The lowest BCUT2D eigenvalue weighted by molar-refractivity contribution is -0.121. The molecular weight excluding hydrogens is 334 g/mol. The van der Waals surface area contributed by atoms with Crippen LogP contribution in [-0.2, 0) is 11.3 Å². The Hall–Kier alpha value is -1.57. The highest BCUT2D eigenvalue weighted by atomic mass is 35.5. The first-order valence-corrected chi connectivity index (χ1v) is 8.69. The molecule has 0 spiro atoms. The highest BCUT2D eigenvalue weighted by molar-refractivity contribution is 7.10. The van der Waals surface area contributed by atoms with Gasteiger partial charge in [0.25, 0.3) is 0 Å². The van der Waals surface area contributed by atoms with Gasteiger partial charge in [-0.15, -0.1) is 5.10 Å². The highest BCUT2D eigenvalue weighted by Gasteiger charge is 2.26. The fourth-order valence-electron chi connectivity index (χ4n) is 2.69. The zero-order valence-electron chi connectivity index (χ0n) is 12.8. The van der Waals surface area contributed by atoms with Gasteiger partial charge in [0.2, 0.25) is 5.91 Å². The van der Waals surface area contributed by atoms with Crippen molar-refractivity contribution in [2.75, 3.05) is 18.4 Å². The van der Waals surface area contributed by atoms with Crippen LogP contribution < -0.4 is 5.32 Å². The number of piperidine rings is 1. The van der Waals surface area contributed by atoms with E-state index in [2.05, 4.69) is 24.8 Å². The van der Waals surface area contributed by atoms with E-state index in [1.165, 1.54) is 11.5 Å². The SMILES string of the molecule is Cc1ccnc(NC(=O)C2CCN(Cc3nnsc3Cl)CC2)c1. The normalized spacial score (nSPS) is 16.4. The molecule has 1 saturated heterocycles. The Balaban J connectivity index is 1.50. The van der Waals surface area contributed by atoms with Crippen LogP contribution >= 0.6 is 23.1 Å². The molecule has 0 aliphatic carbocycles. The summed E-state index contributed by atoms with van der Waals surface area (Å²) in [6, 6.07) is 3.79. The average Bonchev–Trinajstić information content (AvgIpc) is 2.93. The van der Waals surface area contributed by atoms with E-state index in [0.717, 1.165) is 37.2 Å². The smallest absolute Gasteiger partial charge is 0.228 e. The monoisotopic (exact) mass is 351 g/mol. The second kappa shape index (κ2) is 7.33. The van der Waals surface area contributed by atoms with E-state index in [0.29, 0.717) is 16.7 Å². The molecule has 0 unspecified atom stereocenters. The van der Waals surface area contributed by atoms with Crippen molar-refractivity contribution in [2.24, 2.45) is 5.92 Å². The second-order valence-electron chi connectivity index (χ2n) is 5.75. The number of hydrogen-bond donors (Lipinski definition) is 1. The van der Waals surface area contributed by atoms with E-state index in [-0.39, 0.29) is 11.8 Å². The summed E-state index contributed by atoms with van der Waals surface area (Å²) >= 11 is 7.24. The number of nitrogens with zero attached hydrogens (tertiary/aromatic N) is 4. The van der Waals surface area contributed by atoms with Gasteiger partial charge in [0.05, 0.1) is 0 Å². The minimum Gasteiger partial charge on any atom is -0.310 e. The minimum absolute atomic E-state index is 0.0255. The van der Waals surface area contributed by atoms with Crippen molar-refractivity contribution < 1.29 is 4.79 Å². The van der Waals surface area contributed by atoms with Crippen LogP contribution in [0.15, 0.2) is 18.3 Å². The summed E-state index contributed by atoms with van der Waals surface area (Å²) in [7, 11) is 0. The topological polar surface area (TPSA) is 71.0 Å². The molecule has 1 N–H and O–H groups in total. The van der Waals surface area contributed by atoms with Crippen LogP contribution in [0, 0.1) is 12.8 Å². The maximum Gasteiger partial charge on any atom is 0.228 e. The molecule has 2 aromatic rings. The van der Waals surface area contributed by atoms with Crippen LogP contribution in [0.2, 0.25) is 4.34 Å². The van der Waals surface area contributed by atoms with E-state index in [1.54, 1.807) is 6.20 Å². The van der Waals surface area contributed by atoms with Crippen LogP contribution in [0.3, 0.4) is 0 Å². The van der Waals surface area contributed by atoms with Gasteiger partial charge in [0, 0.05) is 30.2 Å². The van der Waals surface area contributed by atoms with Gasteiger partial charge < -0.3 is 5.32 Å². The fraction of sp³-hybridized carbons (Fsp3) is 0.467.